The second kappa shape index (κ2) is 7.12. The van der Waals surface area contributed by atoms with Gasteiger partial charge in [0.15, 0.2) is 5.69 Å². The largest absolute Gasteiger partial charge is 0.337 e. The number of piperidine rings is 1. The maximum atomic E-state index is 13.3. The number of likely N-dealkylation sites (tertiary alicyclic amines) is 2. The summed E-state index contributed by atoms with van der Waals surface area (Å²) in [6.45, 7) is 4.22. The first-order valence-electron chi connectivity index (χ1n) is 10.5. The molecule has 0 radical (unpaired) electrons. The number of hydrogen-bond acceptors (Lipinski definition) is 3. The fourth-order valence-corrected chi connectivity index (χ4v) is 5.08. The van der Waals surface area contributed by atoms with Gasteiger partial charge in [-0.05, 0) is 70.2 Å². The van der Waals surface area contributed by atoms with Crippen molar-refractivity contribution in [2.45, 2.75) is 51.0 Å². The summed E-state index contributed by atoms with van der Waals surface area (Å²) in [5.74, 6) is 0.141. The van der Waals surface area contributed by atoms with Crippen molar-refractivity contribution in [1.29, 1.82) is 0 Å². The van der Waals surface area contributed by atoms with E-state index in [0.29, 0.717) is 11.7 Å². The molecule has 0 N–H and O–H groups in total. The first-order chi connectivity index (χ1) is 13.3. The van der Waals surface area contributed by atoms with Crippen molar-refractivity contribution in [2.24, 2.45) is 0 Å². The van der Waals surface area contributed by atoms with Crippen LogP contribution in [0, 0.1) is 0 Å². The number of nitrogens with zero attached hydrogens (tertiary/aromatic N) is 4. The normalized spacial score (nSPS) is 21.0. The van der Waals surface area contributed by atoms with E-state index >= 15 is 0 Å². The molecule has 0 bridgehead atoms. The Morgan fingerprint density at radius 1 is 0.926 bits per heavy atom. The second-order valence-corrected chi connectivity index (χ2v) is 8.14. The molecule has 0 unspecified atom stereocenters. The minimum atomic E-state index is 0.141. The van der Waals surface area contributed by atoms with Gasteiger partial charge in [0.1, 0.15) is 0 Å². The third-order valence-corrected chi connectivity index (χ3v) is 6.54. The van der Waals surface area contributed by atoms with Crippen LogP contribution in [0.1, 0.15) is 53.8 Å². The van der Waals surface area contributed by atoms with Crippen LogP contribution in [0.4, 0.5) is 0 Å². The van der Waals surface area contributed by atoms with Gasteiger partial charge in [-0.15, -0.1) is 0 Å². The summed E-state index contributed by atoms with van der Waals surface area (Å²) in [6, 6.07) is 10.9. The lowest BCUT2D eigenvalue weighted by Crippen LogP contribution is -2.46. The van der Waals surface area contributed by atoms with Gasteiger partial charge in [0, 0.05) is 30.4 Å². The quantitative estimate of drug-likeness (QED) is 0.841. The van der Waals surface area contributed by atoms with E-state index in [-0.39, 0.29) is 5.91 Å². The van der Waals surface area contributed by atoms with Crippen molar-refractivity contribution in [2.75, 3.05) is 26.2 Å². The summed E-state index contributed by atoms with van der Waals surface area (Å²) in [7, 11) is 0. The fraction of sp³-hybridized carbons (Fsp3) is 0.545. The molecule has 2 aromatic rings. The molecule has 0 atom stereocenters. The fourth-order valence-electron chi connectivity index (χ4n) is 5.08. The maximum Gasteiger partial charge on any atom is 0.274 e. The number of aromatic nitrogens is 2. The van der Waals surface area contributed by atoms with Crippen molar-refractivity contribution in [1.82, 2.24) is 19.6 Å². The predicted molar refractivity (Wildman–Crippen MR) is 105 cm³/mol. The van der Waals surface area contributed by atoms with Crippen LogP contribution in [-0.4, -0.2) is 57.7 Å². The molecular weight excluding hydrogens is 336 g/mol. The highest BCUT2D eigenvalue weighted by atomic mass is 16.2. The molecule has 27 heavy (non-hydrogen) atoms. The van der Waals surface area contributed by atoms with Crippen LogP contribution in [-0.2, 0) is 12.8 Å². The Balaban J connectivity index is 1.35. The zero-order chi connectivity index (χ0) is 18.2. The molecule has 5 rings (SSSR count). The van der Waals surface area contributed by atoms with Crippen LogP contribution in [0.2, 0.25) is 0 Å². The van der Waals surface area contributed by atoms with Crippen molar-refractivity contribution in [3.8, 4) is 5.69 Å². The van der Waals surface area contributed by atoms with Crippen molar-refractivity contribution in [3.05, 3.63) is 47.3 Å². The van der Waals surface area contributed by atoms with E-state index < -0.39 is 0 Å². The molecule has 1 aromatic carbocycles. The Morgan fingerprint density at radius 3 is 2.41 bits per heavy atom. The summed E-state index contributed by atoms with van der Waals surface area (Å²) in [5.41, 5.74) is 4.18. The van der Waals surface area contributed by atoms with Crippen LogP contribution >= 0.6 is 0 Å². The number of benzene rings is 1. The third kappa shape index (κ3) is 3.08. The molecule has 5 heteroatoms. The van der Waals surface area contributed by atoms with E-state index in [9.17, 15) is 4.79 Å². The molecule has 1 amide bonds. The van der Waals surface area contributed by atoms with E-state index in [1.807, 2.05) is 27.8 Å². The Hall–Kier alpha value is -2.14. The minimum absolute atomic E-state index is 0.141. The average molecular weight is 364 g/mol. The third-order valence-electron chi connectivity index (χ3n) is 6.54. The smallest absolute Gasteiger partial charge is 0.274 e. The molecule has 1 aliphatic carbocycles. The van der Waals surface area contributed by atoms with Crippen molar-refractivity contribution in [3.63, 3.8) is 0 Å². The number of para-hydroxylation sites is 1. The van der Waals surface area contributed by atoms with Crippen molar-refractivity contribution < 1.29 is 4.79 Å². The van der Waals surface area contributed by atoms with Crippen LogP contribution in [0.15, 0.2) is 30.3 Å². The SMILES string of the molecule is O=C(c1nn(-c2ccccc2)c2c1CCC2)N1CCC(N2CCCC2)CC1. The summed E-state index contributed by atoms with van der Waals surface area (Å²) in [6.07, 6.45) is 8.00. The maximum absolute atomic E-state index is 13.3. The summed E-state index contributed by atoms with van der Waals surface area (Å²) in [5, 5.41) is 4.79. The van der Waals surface area contributed by atoms with Gasteiger partial charge in [0.2, 0.25) is 0 Å². The van der Waals surface area contributed by atoms with Gasteiger partial charge in [-0.3, -0.25) is 4.79 Å². The highest BCUT2D eigenvalue weighted by Crippen LogP contribution is 2.29. The first-order valence-corrected chi connectivity index (χ1v) is 10.5. The summed E-state index contributed by atoms with van der Waals surface area (Å²) in [4.78, 5) is 17.9. The van der Waals surface area contributed by atoms with Gasteiger partial charge >= 0.3 is 0 Å². The Kier molecular flexibility index (Phi) is 4.48. The summed E-state index contributed by atoms with van der Waals surface area (Å²) < 4.78 is 2.01. The van der Waals surface area contributed by atoms with Crippen LogP contribution in [0.5, 0.6) is 0 Å². The molecule has 1 aromatic heterocycles. The minimum Gasteiger partial charge on any atom is -0.337 e. The molecular formula is C22H28N4O. The lowest BCUT2D eigenvalue weighted by Gasteiger charge is -2.36. The van der Waals surface area contributed by atoms with Gasteiger partial charge in [-0.1, -0.05) is 18.2 Å². The number of amides is 1. The highest BCUT2D eigenvalue weighted by molar-refractivity contribution is 5.94. The van der Waals surface area contributed by atoms with E-state index in [2.05, 4.69) is 17.0 Å². The Labute approximate surface area is 161 Å². The van der Waals surface area contributed by atoms with E-state index in [1.165, 1.54) is 37.2 Å². The Morgan fingerprint density at radius 2 is 1.67 bits per heavy atom. The molecule has 0 spiro atoms. The first kappa shape index (κ1) is 17.0. The van der Waals surface area contributed by atoms with Crippen LogP contribution in [0.25, 0.3) is 5.69 Å². The lowest BCUT2D eigenvalue weighted by atomic mass is 10.0. The van der Waals surface area contributed by atoms with E-state index in [1.54, 1.807) is 0 Å². The number of hydrogen-bond donors (Lipinski definition) is 0. The lowest BCUT2D eigenvalue weighted by molar-refractivity contribution is 0.0637. The van der Waals surface area contributed by atoms with Gasteiger partial charge in [-0.25, -0.2) is 4.68 Å². The van der Waals surface area contributed by atoms with E-state index in [4.69, 9.17) is 5.10 Å². The average Bonchev–Trinajstić information content (AvgIpc) is 3.46. The van der Waals surface area contributed by atoms with Gasteiger partial charge < -0.3 is 9.80 Å². The summed E-state index contributed by atoms with van der Waals surface area (Å²) >= 11 is 0. The topological polar surface area (TPSA) is 41.4 Å². The molecule has 142 valence electrons. The van der Waals surface area contributed by atoms with Crippen LogP contribution < -0.4 is 0 Å². The zero-order valence-electron chi connectivity index (χ0n) is 15.9. The molecule has 2 aliphatic heterocycles. The molecule has 2 saturated heterocycles. The number of carbonyl (C=O) groups is 1. The molecule has 2 fully saturated rings. The van der Waals surface area contributed by atoms with Gasteiger partial charge in [-0.2, -0.15) is 5.10 Å². The molecule has 3 aliphatic rings. The number of carbonyl (C=O) groups excluding carboxylic acids is 1. The molecule has 3 heterocycles. The number of fused-ring (bicyclic) bond motifs is 1. The van der Waals surface area contributed by atoms with Gasteiger partial charge in [0.25, 0.3) is 5.91 Å². The molecule has 0 saturated carbocycles. The second-order valence-electron chi connectivity index (χ2n) is 8.14. The monoisotopic (exact) mass is 364 g/mol. The van der Waals surface area contributed by atoms with Crippen molar-refractivity contribution >= 4 is 5.91 Å². The zero-order valence-corrected chi connectivity index (χ0v) is 15.9. The van der Waals surface area contributed by atoms with Crippen LogP contribution in [0.3, 0.4) is 0 Å². The Bertz CT molecular complexity index is 814. The van der Waals surface area contributed by atoms with E-state index in [0.717, 1.165) is 50.9 Å². The number of rotatable bonds is 3. The molecule has 5 nitrogen and oxygen atoms in total. The standard InChI is InChI=1S/C22H28N4O/c27-22(25-15-11-17(12-16-25)24-13-4-5-14-24)21-19-9-6-10-20(19)26(23-21)18-7-2-1-3-8-18/h1-3,7-8,17H,4-6,9-16H2. The highest BCUT2D eigenvalue weighted by Gasteiger charge is 2.33. The predicted octanol–water partition coefficient (Wildman–Crippen LogP) is 3.06. The van der Waals surface area contributed by atoms with Gasteiger partial charge in [0.05, 0.1) is 5.69 Å².